The van der Waals surface area contributed by atoms with E-state index in [-0.39, 0.29) is 5.92 Å². The fraction of sp³-hybridized carbons (Fsp3) is 0.417. The summed E-state index contributed by atoms with van der Waals surface area (Å²) in [5.41, 5.74) is 1.11. The molecule has 3 nitrogen and oxygen atoms in total. The van der Waals surface area contributed by atoms with Gasteiger partial charge in [0.2, 0.25) is 0 Å². The lowest BCUT2D eigenvalue weighted by Crippen LogP contribution is -2.16. The van der Waals surface area contributed by atoms with E-state index in [9.17, 15) is 0 Å². The number of hydrogen-bond donors (Lipinski definition) is 1. The van der Waals surface area contributed by atoms with Crippen LogP contribution < -0.4 is 0 Å². The third-order valence-corrected chi connectivity index (χ3v) is 2.68. The molecular weight excluding hydrogens is 224 g/mol. The minimum absolute atomic E-state index is 0.129. The molecule has 4 heteroatoms. The maximum absolute atomic E-state index is 8.65. The molecule has 0 radical (unpaired) electrons. The highest BCUT2D eigenvalue weighted by molar-refractivity contribution is 6.30. The van der Waals surface area contributed by atoms with E-state index in [1.807, 2.05) is 38.4 Å². The maximum atomic E-state index is 8.65. The van der Waals surface area contributed by atoms with Crippen molar-refractivity contribution >= 4 is 17.8 Å². The SMILES string of the molecule is CN(C)CCC(/C=N/O)c1ccc(Cl)cc1. The van der Waals surface area contributed by atoms with E-state index in [2.05, 4.69) is 10.1 Å². The Kier molecular flexibility index (Phi) is 5.29. The van der Waals surface area contributed by atoms with Crippen LogP contribution in [0.4, 0.5) is 0 Å². The van der Waals surface area contributed by atoms with Crippen LogP contribution in [0.15, 0.2) is 29.4 Å². The second-order valence-electron chi connectivity index (χ2n) is 4.01. The van der Waals surface area contributed by atoms with Crippen LogP contribution in [0, 0.1) is 0 Å². The van der Waals surface area contributed by atoms with Gasteiger partial charge in [0.05, 0.1) is 6.21 Å². The summed E-state index contributed by atoms with van der Waals surface area (Å²) in [7, 11) is 4.05. The first-order valence-corrected chi connectivity index (χ1v) is 5.59. The van der Waals surface area contributed by atoms with Gasteiger partial charge in [0.15, 0.2) is 0 Å². The Hall–Kier alpha value is -1.06. The van der Waals surface area contributed by atoms with Crippen LogP contribution in [0.1, 0.15) is 17.9 Å². The molecule has 1 aromatic carbocycles. The fourth-order valence-corrected chi connectivity index (χ4v) is 1.64. The maximum Gasteiger partial charge on any atom is 0.0511 e. The topological polar surface area (TPSA) is 35.8 Å². The van der Waals surface area contributed by atoms with E-state index in [4.69, 9.17) is 16.8 Å². The van der Waals surface area contributed by atoms with Crippen molar-refractivity contribution in [1.29, 1.82) is 0 Å². The number of hydrogen-bond acceptors (Lipinski definition) is 3. The van der Waals surface area contributed by atoms with E-state index >= 15 is 0 Å². The molecule has 1 aromatic rings. The summed E-state index contributed by atoms with van der Waals surface area (Å²) in [6, 6.07) is 7.63. The van der Waals surface area contributed by atoms with Gasteiger partial charge in [-0.2, -0.15) is 0 Å². The lowest BCUT2D eigenvalue weighted by molar-refractivity contribution is 0.318. The molecule has 1 N–H and O–H groups in total. The normalized spacial score (nSPS) is 13.5. The number of benzene rings is 1. The molecule has 88 valence electrons. The summed E-state index contributed by atoms with van der Waals surface area (Å²) in [5, 5.41) is 12.5. The molecule has 0 heterocycles. The smallest absolute Gasteiger partial charge is 0.0511 e. The van der Waals surface area contributed by atoms with E-state index < -0.39 is 0 Å². The van der Waals surface area contributed by atoms with Crippen molar-refractivity contribution in [3.8, 4) is 0 Å². The molecule has 0 aliphatic carbocycles. The summed E-state index contributed by atoms with van der Waals surface area (Å²) in [6.45, 7) is 0.944. The van der Waals surface area contributed by atoms with Crippen LogP contribution in [0.3, 0.4) is 0 Å². The molecule has 0 saturated carbocycles. The average molecular weight is 241 g/mol. The van der Waals surface area contributed by atoms with Gasteiger partial charge in [-0.1, -0.05) is 23.7 Å². The summed E-state index contributed by atoms with van der Waals surface area (Å²) >= 11 is 5.83. The Morgan fingerprint density at radius 1 is 1.38 bits per heavy atom. The van der Waals surface area contributed by atoms with Crippen LogP contribution in [0.5, 0.6) is 0 Å². The summed E-state index contributed by atoms with van der Waals surface area (Å²) in [6.07, 6.45) is 2.48. The molecule has 0 aliphatic rings. The highest BCUT2D eigenvalue weighted by Gasteiger charge is 2.09. The lowest BCUT2D eigenvalue weighted by atomic mass is 9.97. The predicted octanol–water partition coefficient (Wildman–Crippen LogP) is 2.84. The van der Waals surface area contributed by atoms with Gasteiger partial charge < -0.3 is 10.1 Å². The van der Waals surface area contributed by atoms with Gasteiger partial charge in [-0.15, -0.1) is 5.16 Å². The first kappa shape index (κ1) is 13.0. The van der Waals surface area contributed by atoms with E-state index in [1.165, 1.54) is 0 Å². The zero-order chi connectivity index (χ0) is 12.0. The van der Waals surface area contributed by atoms with Crippen molar-refractivity contribution in [3.05, 3.63) is 34.9 Å². The standard InChI is InChI=1S/C12H17ClN2O/c1-15(2)8-7-11(9-14-16)10-3-5-12(13)6-4-10/h3-6,9,11,16H,7-8H2,1-2H3/b14-9+. The minimum Gasteiger partial charge on any atom is -0.411 e. The van der Waals surface area contributed by atoms with Crippen LogP contribution >= 0.6 is 11.6 Å². The fourth-order valence-electron chi connectivity index (χ4n) is 1.52. The summed E-state index contributed by atoms with van der Waals surface area (Å²) < 4.78 is 0. The lowest BCUT2D eigenvalue weighted by Gasteiger charge is -2.15. The van der Waals surface area contributed by atoms with Crippen molar-refractivity contribution in [3.63, 3.8) is 0 Å². The Labute approximate surface area is 101 Å². The van der Waals surface area contributed by atoms with Gasteiger partial charge in [0, 0.05) is 10.9 Å². The molecule has 1 atom stereocenters. The number of nitrogens with zero attached hydrogens (tertiary/aromatic N) is 2. The Morgan fingerprint density at radius 3 is 2.50 bits per heavy atom. The summed E-state index contributed by atoms with van der Waals surface area (Å²) in [5.74, 6) is 0.129. The minimum atomic E-state index is 0.129. The van der Waals surface area contributed by atoms with Crippen LogP contribution in [0.2, 0.25) is 5.02 Å². The van der Waals surface area contributed by atoms with Crippen LogP contribution in [-0.4, -0.2) is 37.0 Å². The molecular formula is C12H17ClN2O. The highest BCUT2D eigenvalue weighted by atomic mass is 35.5. The zero-order valence-electron chi connectivity index (χ0n) is 9.60. The van der Waals surface area contributed by atoms with Gasteiger partial charge in [-0.3, -0.25) is 0 Å². The molecule has 0 aliphatic heterocycles. The van der Waals surface area contributed by atoms with E-state index in [0.29, 0.717) is 0 Å². The zero-order valence-corrected chi connectivity index (χ0v) is 10.4. The second-order valence-corrected chi connectivity index (χ2v) is 4.45. The first-order chi connectivity index (χ1) is 7.63. The van der Waals surface area contributed by atoms with Gasteiger partial charge in [-0.25, -0.2) is 0 Å². The molecule has 0 spiro atoms. The first-order valence-electron chi connectivity index (χ1n) is 5.21. The largest absolute Gasteiger partial charge is 0.411 e. The average Bonchev–Trinajstić information content (AvgIpc) is 2.25. The quantitative estimate of drug-likeness (QED) is 0.488. The van der Waals surface area contributed by atoms with Crippen LogP contribution in [-0.2, 0) is 0 Å². The molecule has 0 fully saturated rings. The Morgan fingerprint density at radius 2 is 2.00 bits per heavy atom. The van der Waals surface area contributed by atoms with Gasteiger partial charge >= 0.3 is 0 Å². The van der Waals surface area contributed by atoms with Crippen molar-refractivity contribution in [2.75, 3.05) is 20.6 Å². The van der Waals surface area contributed by atoms with Crippen molar-refractivity contribution < 1.29 is 5.21 Å². The van der Waals surface area contributed by atoms with Crippen molar-refractivity contribution in [1.82, 2.24) is 4.90 Å². The van der Waals surface area contributed by atoms with Gasteiger partial charge in [0.1, 0.15) is 0 Å². The van der Waals surface area contributed by atoms with Crippen LogP contribution in [0.25, 0.3) is 0 Å². The molecule has 1 rings (SSSR count). The third-order valence-electron chi connectivity index (χ3n) is 2.43. The molecule has 0 saturated heterocycles. The number of rotatable bonds is 5. The Bertz CT molecular complexity index is 335. The molecule has 0 amide bonds. The number of halogens is 1. The van der Waals surface area contributed by atoms with E-state index in [1.54, 1.807) is 6.21 Å². The van der Waals surface area contributed by atoms with Crippen molar-refractivity contribution in [2.24, 2.45) is 5.16 Å². The van der Waals surface area contributed by atoms with Gasteiger partial charge in [-0.05, 0) is 44.8 Å². The molecule has 1 unspecified atom stereocenters. The van der Waals surface area contributed by atoms with E-state index in [0.717, 1.165) is 23.6 Å². The monoisotopic (exact) mass is 240 g/mol. The molecule has 0 aromatic heterocycles. The molecule has 16 heavy (non-hydrogen) atoms. The third kappa shape index (κ3) is 4.21. The van der Waals surface area contributed by atoms with Crippen molar-refractivity contribution in [2.45, 2.75) is 12.3 Å². The summed E-state index contributed by atoms with van der Waals surface area (Å²) in [4.78, 5) is 2.11. The van der Waals surface area contributed by atoms with Gasteiger partial charge in [0.25, 0.3) is 0 Å². The second kappa shape index (κ2) is 6.51. The Balaban J connectivity index is 2.73. The molecule has 0 bridgehead atoms. The predicted molar refractivity (Wildman–Crippen MR) is 67.6 cm³/mol. The number of oxime groups is 1. The highest BCUT2D eigenvalue weighted by Crippen LogP contribution is 2.20.